The lowest BCUT2D eigenvalue weighted by Crippen LogP contribution is -2.29. The number of methoxy groups -OCH3 is 1. The maximum absolute atomic E-state index is 13.7. The molecule has 0 bridgehead atoms. The molecule has 0 saturated carbocycles. The molecule has 148 valence electrons. The molecule has 0 radical (unpaired) electrons. The first-order valence-electron chi connectivity index (χ1n) is 8.78. The van der Waals surface area contributed by atoms with Crippen molar-refractivity contribution in [3.8, 4) is 11.9 Å². The first-order valence-corrected chi connectivity index (χ1v) is 8.78. The molecule has 0 amide bonds. The van der Waals surface area contributed by atoms with Gasteiger partial charge >= 0.3 is 5.97 Å². The monoisotopic (exact) mass is 389 g/mol. The molecule has 10 heteroatoms. The van der Waals surface area contributed by atoms with Crippen molar-refractivity contribution in [2.24, 2.45) is 5.92 Å². The number of hydrogen-bond acceptors (Lipinski definition) is 8. The topological polar surface area (TPSA) is 111 Å². The molecule has 0 aromatic carbocycles. The summed E-state index contributed by atoms with van der Waals surface area (Å²) < 4.78 is 30.7. The van der Waals surface area contributed by atoms with E-state index in [1.807, 2.05) is 0 Å². The molecular weight excluding hydrogens is 369 g/mol. The van der Waals surface area contributed by atoms with E-state index in [-0.39, 0.29) is 35.8 Å². The molecule has 2 aromatic heterocycles. The predicted octanol–water partition coefficient (Wildman–Crippen LogP) is 2.45. The molecule has 1 aliphatic heterocycles. The Bertz CT molecular complexity index is 895. The fourth-order valence-corrected chi connectivity index (χ4v) is 2.93. The Labute approximate surface area is 161 Å². The van der Waals surface area contributed by atoms with E-state index in [1.54, 1.807) is 6.92 Å². The lowest BCUT2D eigenvalue weighted by Gasteiger charge is -2.26. The van der Waals surface area contributed by atoms with Crippen LogP contribution in [0.25, 0.3) is 0 Å². The zero-order valence-electron chi connectivity index (χ0n) is 15.5. The van der Waals surface area contributed by atoms with Crippen LogP contribution in [-0.4, -0.2) is 47.7 Å². The number of esters is 1. The largest absolute Gasteiger partial charge is 0.481 e. The minimum absolute atomic E-state index is 0.0739. The van der Waals surface area contributed by atoms with Gasteiger partial charge in [0, 0.05) is 30.6 Å². The van der Waals surface area contributed by atoms with Crippen LogP contribution in [0, 0.1) is 23.2 Å². The van der Waals surface area contributed by atoms with Crippen molar-refractivity contribution >= 4 is 17.5 Å². The highest BCUT2D eigenvalue weighted by Crippen LogP contribution is 2.29. The Morgan fingerprint density at radius 1 is 1.54 bits per heavy atom. The maximum Gasteiger partial charge on any atom is 0.343 e. The van der Waals surface area contributed by atoms with Crippen molar-refractivity contribution in [1.29, 1.82) is 5.26 Å². The van der Waals surface area contributed by atoms with E-state index in [9.17, 15) is 14.4 Å². The van der Waals surface area contributed by atoms with Gasteiger partial charge in [-0.05, 0) is 13.3 Å². The van der Waals surface area contributed by atoms with Crippen LogP contribution in [0.2, 0.25) is 0 Å². The van der Waals surface area contributed by atoms with E-state index in [2.05, 4.69) is 21.5 Å². The van der Waals surface area contributed by atoms with Gasteiger partial charge in [-0.2, -0.15) is 19.7 Å². The van der Waals surface area contributed by atoms with Crippen LogP contribution < -0.4 is 10.1 Å². The van der Waals surface area contributed by atoms with Gasteiger partial charge in [-0.1, -0.05) is 0 Å². The van der Waals surface area contributed by atoms with Crippen LogP contribution in [0.3, 0.4) is 0 Å². The number of nitrogens with zero attached hydrogens (tertiary/aromatic N) is 4. The molecule has 28 heavy (non-hydrogen) atoms. The van der Waals surface area contributed by atoms with Crippen molar-refractivity contribution in [3.05, 3.63) is 29.8 Å². The first kappa shape index (κ1) is 19.6. The number of nitrogens with one attached hydrogen (secondary N) is 1. The van der Waals surface area contributed by atoms with Crippen LogP contribution in [0.15, 0.2) is 18.3 Å². The van der Waals surface area contributed by atoms with Crippen molar-refractivity contribution in [2.75, 3.05) is 32.2 Å². The summed E-state index contributed by atoms with van der Waals surface area (Å²) in [6, 6.07) is 4.54. The number of hydrogen-bond donors (Lipinski definition) is 1. The number of carbonyl (C=O) groups excluding carboxylic acids is 1. The zero-order valence-corrected chi connectivity index (χ0v) is 15.5. The number of aromatic nitrogens is 3. The van der Waals surface area contributed by atoms with Crippen LogP contribution in [-0.2, 0) is 9.47 Å². The third-order valence-electron chi connectivity index (χ3n) is 4.30. The third kappa shape index (κ3) is 4.20. The fourth-order valence-electron chi connectivity index (χ4n) is 2.93. The van der Waals surface area contributed by atoms with E-state index in [4.69, 9.17) is 14.2 Å². The van der Waals surface area contributed by atoms with Gasteiger partial charge in [0.2, 0.25) is 11.8 Å². The Hall–Kier alpha value is -3.19. The van der Waals surface area contributed by atoms with E-state index in [1.165, 1.54) is 24.1 Å². The highest BCUT2D eigenvalue weighted by atomic mass is 19.1. The van der Waals surface area contributed by atoms with Crippen molar-refractivity contribution in [2.45, 2.75) is 19.4 Å². The molecule has 2 unspecified atom stereocenters. The summed E-state index contributed by atoms with van der Waals surface area (Å²) in [5.41, 5.74) is 0.470. The molecule has 1 aliphatic rings. The lowest BCUT2D eigenvalue weighted by atomic mass is 9.97. The normalized spacial score (nSPS) is 18.9. The van der Waals surface area contributed by atoms with Gasteiger partial charge in [0.05, 0.1) is 38.4 Å². The molecule has 1 saturated heterocycles. The summed E-state index contributed by atoms with van der Waals surface area (Å²) in [5.74, 6) is -1.37. The Balaban J connectivity index is 1.97. The van der Waals surface area contributed by atoms with Crippen LogP contribution in [0.1, 0.15) is 29.7 Å². The van der Waals surface area contributed by atoms with Crippen molar-refractivity contribution in [3.63, 3.8) is 0 Å². The second-order valence-electron chi connectivity index (χ2n) is 6.10. The van der Waals surface area contributed by atoms with Gasteiger partial charge in [0.15, 0.2) is 5.82 Å². The highest BCUT2D eigenvalue weighted by molar-refractivity contribution is 5.95. The molecular formula is C18H20FN5O4. The summed E-state index contributed by atoms with van der Waals surface area (Å²) in [6.45, 7) is 2.69. The van der Waals surface area contributed by atoms with Gasteiger partial charge in [-0.15, -0.1) is 0 Å². The summed E-state index contributed by atoms with van der Waals surface area (Å²) >= 11 is 0. The van der Waals surface area contributed by atoms with Crippen LogP contribution in [0.5, 0.6) is 5.88 Å². The average molecular weight is 389 g/mol. The summed E-state index contributed by atoms with van der Waals surface area (Å²) in [7, 11) is 1.37. The minimum atomic E-state index is -0.746. The molecule has 3 rings (SSSR count). The van der Waals surface area contributed by atoms with E-state index >= 15 is 0 Å². The number of anilines is 2. The second-order valence-corrected chi connectivity index (χ2v) is 6.10. The minimum Gasteiger partial charge on any atom is -0.481 e. The van der Waals surface area contributed by atoms with Gasteiger partial charge < -0.3 is 19.5 Å². The molecule has 1 N–H and O–H groups in total. The summed E-state index contributed by atoms with van der Waals surface area (Å²) in [4.78, 5) is 16.0. The predicted molar refractivity (Wildman–Crippen MR) is 95.8 cm³/mol. The number of carbonyl (C=O) groups is 1. The smallest absolute Gasteiger partial charge is 0.343 e. The lowest BCUT2D eigenvalue weighted by molar-refractivity contribution is 0.0340. The van der Waals surface area contributed by atoms with E-state index in [0.717, 1.165) is 6.07 Å². The quantitative estimate of drug-likeness (QED) is 0.592. The average Bonchev–Trinajstić information content (AvgIpc) is 3.11. The second kappa shape index (κ2) is 8.67. The van der Waals surface area contributed by atoms with Crippen molar-refractivity contribution in [1.82, 2.24) is 14.8 Å². The summed E-state index contributed by atoms with van der Waals surface area (Å²) in [6.07, 6.45) is 2.09. The maximum atomic E-state index is 13.7. The number of pyridine rings is 1. The number of nitriles is 1. The standard InChI is InChI=1S/C18H20FN5O4/c1-3-28-18(25)13-9-24(14-10-27-5-4-11(14)8-20)23-17(13)21-12-6-15(19)22-16(7-12)26-2/h6-7,9,11,14H,3-5,10H2,1-2H3,(H,21,22,23). The molecule has 2 aromatic rings. The number of halogens is 1. The van der Waals surface area contributed by atoms with Crippen LogP contribution >= 0.6 is 0 Å². The van der Waals surface area contributed by atoms with Crippen molar-refractivity contribution < 1.29 is 23.4 Å². The molecule has 3 heterocycles. The molecule has 9 nitrogen and oxygen atoms in total. The van der Waals surface area contributed by atoms with Gasteiger partial charge in [0.1, 0.15) is 5.56 Å². The highest BCUT2D eigenvalue weighted by Gasteiger charge is 2.30. The SMILES string of the molecule is CCOC(=O)c1cn(C2COCCC2C#N)nc1Nc1cc(F)nc(OC)c1. The van der Waals surface area contributed by atoms with Gasteiger partial charge in [0.25, 0.3) is 0 Å². The number of ether oxygens (including phenoxy) is 3. The molecule has 2 atom stereocenters. The number of rotatable bonds is 6. The zero-order chi connectivity index (χ0) is 20.1. The third-order valence-corrected chi connectivity index (χ3v) is 4.30. The molecule has 1 fully saturated rings. The Morgan fingerprint density at radius 2 is 2.36 bits per heavy atom. The summed E-state index contributed by atoms with van der Waals surface area (Å²) in [5, 5.41) is 16.7. The Kier molecular flexibility index (Phi) is 6.06. The molecule has 0 aliphatic carbocycles. The van der Waals surface area contributed by atoms with Gasteiger partial charge in [-0.25, -0.2) is 4.79 Å². The first-order chi connectivity index (χ1) is 13.5. The van der Waals surface area contributed by atoms with E-state index in [0.29, 0.717) is 25.3 Å². The van der Waals surface area contributed by atoms with Crippen LogP contribution in [0.4, 0.5) is 15.9 Å². The van der Waals surface area contributed by atoms with Gasteiger partial charge in [-0.3, -0.25) is 4.68 Å². The fraction of sp³-hybridized carbons (Fsp3) is 0.444. The Morgan fingerprint density at radius 3 is 3.07 bits per heavy atom. The van der Waals surface area contributed by atoms with E-state index < -0.39 is 11.9 Å². The molecule has 0 spiro atoms.